The highest BCUT2D eigenvalue weighted by atomic mass is 15.1. The van der Waals surface area contributed by atoms with Crippen LogP contribution in [-0.2, 0) is 0 Å². The molecule has 1 aromatic heterocycles. The molecule has 0 aliphatic heterocycles. The van der Waals surface area contributed by atoms with Gasteiger partial charge >= 0.3 is 0 Å². The monoisotopic (exact) mass is 422 g/mol. The van der Waals surface area contributed by atoms with Crippen molar-refractivity contribution in [1.29, 1.82) is 0 Å². The Bertz CT molecular complexity index is 1220. The van der Waals surface area contributed by atoms with Gasteiger partial charge in [-0.3, -0.25) is 4.98 Å². The Hall–Kier alpha value is -3.66. The van der Waals surface area contributed by atoms with E-state index < -0.39 is 0 Å². The van der Waals surface area contributed by atoms with Crippen LogP contribution in [0.4, 0.5) is 11.4 Å². The van der Waals surface area contributed by atoms with Gasteiger partial charge in [0.1, 0.15) is 0 Å². The first kappa shape index (κ1) is 21.6. The van der Waals surface area contributed by atoms with E-state index in [0.717, 1.165) is 45.1 Å². The quantitative estimate of drug-likeness (QED) is 0.382. The van der Waals surface area contributed by atoms with Gasteiger partial charge < -0.3 is 9.80 Å². The lowest BCUT2D eigenvalue weighted by molar-refractivity contribution is 1.13. The summed E-state index contributed by atoms with van der Waals surface area (Å²) >= 11 is 0. The molecule has 3 aromatic carbocycles. The van der Waals surface area contributed by atoms with Gasteiger partial charge in [0, 0.05) is 56.3 Å². The van der Waals surface area contributed by atoms with Crippen LogP contribution in [0.15, 0.2) is 72.9 Å². The predicted octanol–water partition coefficient (Wildman–Crippen LogP) is 6.23. The molecule has 0 unspecified atom stereocenters. The lowest BCUT2D eigenvalue weighted by Gasteiger charge is -2.16. The number of hydrogen-bond acceptors (Lipinski definition) is 4. The van der Waals surface area contributed by atoms with E-state index in [1.165, 1.54) is 11.1 Å². The highest BCUT2D eigenvalue weighted by Gasteiger charge is 2.15. The van der Waals surface area contributed by atoms with Gasteiger partial charge in [-0.15, -0.1) is 0 Å². The van der Waals surface area contributed by atoms with Crippen LogP contribution in [0.25, 0.3) is 33.8 Å². The summed E-state index contributed by atoms with van der Waals surface area (Å²) < 4.78 is 0. The van der Waals surface area contributed by atoms with Gasteiger partial charge in [-0.05, 0) is 49.7 Å². The summed E-state index contributed by atoms with van der Waals surface area (Å²) in [5, 5.41) is 0. The Morgan fingerprint density at radius 3 is 1.69 bits per heavy atom. The number of aryl methyl sites for hydroxylation is 2. The van der Waals surface area contributed by atoms with Gasteiger partial charge in [-0.1, -0.05) is 42.0 Å². The molecule has 4 aromatic rings. The van der Waals surface area contributed by atoms with Crippen molar-refractivity contribution < 1.29 is 0 Å². The third kappa shape index (κ3) is 4.35. The van der Waals surface area contributed by atoms with E-state index in [4.69, 9.17) is 9.97 Å². The maximum atomic E-state index is 5.14. The number of aromatic nitrogens is 2. The van der Waals surface area contributed by atoms with Crippen LogP contribution < -0.4 is 9.80 Å². The molecule has 4 rings (SSSR count). The molecule has 0 aliphatic rings. The van der Waals surface area contributed by atoms with Crippen LogP contribution in [-0.4, -0.2) is 38.2 Å². The SMILES string of the molecule is Cc1ccc(C)c(-c2cnc(-c3ccc(N(C)C)cc3)c(-c3ccc(N(C)C)cc3)n2)c1. The van der Waals surface area contributed by atoms with Crippen molar-refractivity contribution in [3.8, 4) is 33.8 Å². The molecule has 162 valence electrons. The highest BCUT2D eigenvalue weighted by Crippen LogP contribution is 2.33. The van der Waals surface area contributed by atoms with E-state index in [2.05, 4.69) is 90.4 Å². The van der Waals surface area contributed by atoms with Gasteiger partial charge in [0.25, 0.3) is 0 Å². The minimum absolute atomic E-state index is 0.891. The van der Waals surface area contributed by atoms with Crippen molar-refractivity contribution in [3.63, 3.8) is 0 Å². The van der Waals surface area contributed by atoms with Gasteiger partial charge in [0.2, 0.25) is 0 Å². The van der Waals surface area contributed by atoms with Crippen LogP contribution in [0.1, 0.15) is 11.1 Å². The molecule has 0 amide bonds. The zero-order chi connectivity index (χ0) is 22.8. The predicted molar refractivity (Wildman–Crippen MR) is 136 cm³/mol. The summed E-state index contributed by atoms with van der Waals surface area (Å²) in [7, 11) is 8.19. The van der Waals surface area contributed by atoms with Crippen LogP contribution in [0.2, 0.25) is 0 Å². The molecule has 0 saturated heterocycles. The number of rotatable bonds is 5. The maximum Gasteiger partial charge on any atom is 0.0972 e. The van der Waals surface area contributed by atoms with Crippen molar-refractivity contribution in [2.75, 3.05) is 38.0 Å². The summed E-state index contributed by atoms with van der Waals surface area (Å²) in [6.45, 7) is 4.23. The Morgan fingerprint density at radius 1 is 0.625 bits per heavy atom. The largest absolute Gasteiger partial charge is 0.378 e. The fourth-order valence-corrected chi connectivity index (χ4v) is 3.78. The average molecular weight is 423 g/mol. The molecule has 0 saturated carbocycles. The van der Waals surface area contributed by atoms with Gasteiger partial charge in [0.05, 0.1) is 23.3 Å². The molecule has 0 N–H and O–H groups in total. The summed E-state index contributed by atoms with van der Waals surface area (Å²) in [5.74, 6) is 0. The zero-order valence-corrected chi connectivity index (χ0v) is 19.7. The van der Waals surface area contributed by atoms with E-state index in [1.54, 1.807) is 0 Å². The fourth-order valence-electron chi connectivity index (χ4n) is 3.78. The topological polar surface area (TPSA) is 32.3 Å². The minimum Gasteiger partial charge on any atom is -0.378 e. The molecule has 0 radical (unpaired) electrons. The lowest BCUT2D eigenvalue weighted by Crippen LogP contribution is -2.08. The summed E-state index contributed by atoms with van der Waals surface area (Å²) in [4.78, 5) is 14.3. The first-order valence-corrected chi connectivity index (χ1v) is 10.8. The van der Waals surface area contributed by atoms with Crippen molar-refractivity contribution in [2.45, 2.75) is 13.8 Å². The third-order valence-corrected chi connectivity index (χ3v) is 5.76. The second-order valence-electron chi connectivity index (χ2n) is 8.65. The molecule has 4 heteroatoms. The van der Waals surface area contributed by atoms with E-state index in [9.17, 15) is 0 Å². The van der Waals surface area contributed by atoms with Crippen molar-refractivity contribution in [3.05, 3.63) is 84.1 Å². The molecule has 0 spiro atoms. The molecule has 1 heterocycles. The summed E-state index contributed by atoms with van der Waals surface area (Å²) in [6, 6.07) is 23.4. The highest BCUT2D eigenvalue weighted by molar-refractivity contribution is 5.81. The molecule has 32 heavy (non-hydrogen) atoms. The van der Waals surface area contributed by atoms with Crippen LogP contribution in [0, 0.1) is 13.8 Å². The maximum absolute atomic E-state index is 5.14. The molecular formula is C28H30N4. The second-order valence-corrected chi connectivity index (χ2v) is 8.65. The van der Waals surface area contributed by atoms with Crippen LogP contribution >= 0.6 is 0 Å². The standard InChI is InChI=1S/C28H30N4/c1-19-7-8-20(2)25(17-19)26-18-29-27(21-9-13-23(14-10-21)31(3)4)28(30-26)22-11-15-24(16-12-22)32(5)6/h7-18H,1-6H3. The van der Waals surface area contributed by atoms with E-state index >= 15 is 0 Å². The van der Waals surface area contributed by atoms with Crippen molar-refractivity contribution in [2.24, 2.45) is 0 Å². The number of nitrogens with zero attached hydrogens (tertiary/aromatic N) is 4. The Kier molecular flexibility index (Phi) is 5.95. The van der Waals surface area contributed by atoms with Gasteiger partial charge in [-0.2, -0.15) is 0 Å². The van der Waals surface area contributed by atoms with Crippen molar-refractivity contribution in [1.82, 2.24) is 9.97 Å². The number of benzene rings is 3. The molecule has 0 fully saturated rings. The smallest absolute Gasteiger partial charge is 0.0972 e. The first-order valence-electron chi connectivity index (χ1n) is 10.8. The van der Waals surface area contributed by atoms with Gasteiger partial charge in [0.15, 0.2) is 0 Å². The normalized spacial score (nSPS) is 10.8. The van der Waals surface area contributed by atoms with Crippen LogP contribution in [0.3, 0.4) is 0 Å². The van der Waals surface area contributed by atoms with E-state index in [-0.39, 0.29) is 0 Å². The molecule has 0 aliphatic carbocycles. The minimum atomic E-state index is 0.891. The summed E-state index contributed by atoms with van der Waals surface area (Å²) in [5.41, 5.74) is 10.6. The van der Waals surface area contributed by atoms with E-state index in [1.807, 2.05) is 34.4 Å². The fraction of sp³-hybridized carbons (Fsp3) is 0.214. The van der Waals surface area contributed by atoms with E-state index in [0.29, 0.717) is 0 Å². The van der Waals surface area contributed by atoms with Gasteiger partial charge in [-0.25, -0.2) is 4.98 Å². The molecule has 0 atom stereocenters. The lowest BCUT2D eigenvalue weighted by atomic mass is 10.0. The third-order valence-electron chi connectivity index (χ3n) is 5.76. The molecule has 0 bridgehead atoms. The van der Waals surface area contributed by atoms with Crippen molar-refractivity contribution >= 4 is 11.4 Å². The Morgan fingerprint density at radius 2 is 1.16 bits per heavy atom. The summed E-state index contributed by atoms with van der Waals surface area (Å²) in [6.07, 6.45) is 1.90. The van der Waals surface area contributed by atoms with Crippen LogP contribution in [0.5, 0.6) is 0 Å². The Labute approximate surface area is 191 Å². The molecule has 4 nitrogen and oxygen atoms in total. The number of hydrogen-bond donors (Lipinski definition) is 0. The Balaban J connectivity index is 1.88. The average Bonchev–Trinajstić information content (AvgIpc) is 2.80. The number of anilines is 2. The zero-order valence-electron chi connectivity index (χ0n) is 19.7. The first-order chi connectivity index (χ1) is 15.3. The second kappa shape index (κ2) is 8.83. The molecular weight excluding hydrogens is 392 g/mol.